The zero-order chi connectivity index (χ0) is 31.2. The summed E-state index contributed by atoms with van der Waals surface area (Å²) >= 11 is 0. The first-order chi connectivity index (χ1) is 20.7. The smallest absolute Gasteiger partial charge is 0.270 e. The number of hydrogen-bond acceptors (Lipinski definition) is 5. The number of alkyl halides is 4. The highest BCUT2D eigenvalue weighted by molar-refractivity contribution is 5.93. The molecule has 236 valence electrons. The van der Waals surface area contributed by atoms with E-state index < -0.39 is 29.2 Å². The van der Waals surface area contributed by atoms with Crippen molar-refractivity contribution in [1.29, 1.82) is 0 Å². The van der Waals surface area contributed by atoms with E-state index in [0.29, 0.717) is 17.0 Å². The van der Waals surface area contributed by atoms with Crippen molar-refractivity contribution in [2.75, 3.05) is 0 Å². The largest absolute Gasteiger partial charge is 0.349 e. The lowest BCUT2D eigenvalue weighted by Gasteiger charge is -2.36. The molecule has 44 heavy (non-hydrogen) atoms. The first-order valence-corrected chi connectivity index (χ1v) is 15.5. The molecule has 13 heteroatoms. The summed E-state index contributed by atoms with van der Waals surface area (Å²) in [7, 11) is 0. The van der Waals surface area contributed by atoms with Crippen LogP contribution in [0.1, 0.15) is 99.5 Å². The predicted octanol–water partition coefficient (Wildman–Crippen LogP) is 5.45. The fourth-order valence-electron chi connectivity index (χ4n) is 7.50. The van der Waals surface area contributed by atoms with Crippen molar-refractivity contribution in [3.8, 4) is 0 Å². The molecule has 0 spiro atoms. The molecule has 4 saturated carbocycles. The van der Waals surface area contributed by atoms with Crippen LogP contribution in [0.5, 0.6) is 0 Å². The predicted molar refractivity (Wildman–Crippen MR) is 151 cm³/mol. The summed E-state index contributed by atoms with van der Waals surface area (Å²) in [5.41, 5.74) is 1.08. The van der Waals surface area contributed by atoms with Gasteiger partial charge < -0.3 is 10.6 Å². The Morgan fingerprint density at radius 2 is 1.82 bits per heavy atom. The van der Waals surface area contributed by atoms with Gasteiger partial charge in [-0.25, -0.2) is 27.1 Å². The molecule has 3 heterocycles. The number of aromatic nitrogens is 5. The number of fused-ring (bicyclic) bond motifs is 2. The molecular formula is C31H37F4N7O2. The van der Waals surface area contributed by atoms with Crippen molar-refractivity contribution in [3.05, 3.63) is 47.7 Å². The van der Waals surface area contributed by atoms with E-state index in [1.807, 2.05) is 26.8 Å². The zero-order valence-electron chi connectivity index (χ0n) is 24.9. The molecule has 3 aromatic heterocycles. The Labute approximate surface area is 252 Å². The molecule has 4 aliphatic carbocycles. The van der Waals surface area contributed by atoms with Crippen LogP contribution in [0.3, 0.4) is 0 Å². The maximum absolute atomic E-state index is 14.2. The minimum Gasteiger partial charge on any atom is -0.349 e. The summed E-state index contributed by atoms with van der Waals surface area (Å²) in [5.74, 6) is -7.68. The molecule has 9 nitrogen and oxygen atoms in total. The summed E-state index contributed by atoms with van der Waals surface area (Å²) in [4.78, 5) is 31.3. The molecule has 0 unspecified atom stereocenters. The first-order valence-electron chi connectivity index (χ1n) is 15.5. The van der Waals surface area contributed by atoms with Gasteiger partial charge in [0.05, 0.1) is 29.7 Å². The van der Waals surface area contributed by atoms with Crippen LogP contribution in [0.4, 0.5) is 17.6 Å². The van der Waals surface area contributed by atoms with Crippen molar-refractivity contribution < 1.29 is 27.2 Å². The van der Waals surface area contributed by atoms with Crippen LogP contribution < -0.4 is 10.6 Å². The highest BCUT2D eigenvalue weighted by atomic mass is 19.3. The van der Waals surface area contributed by atoms with Crippen LogP contribution in [0.15, 0.2) is 30.7 Å². The number of imidazole rings is 1. The number of halogens is 4. The SMILES string of the molecule is CC(C)n1nccc1C(=O)N[C@@](C)(c1cn2ncc([C@H](NC(=O)CC3CC(F)(F)C3)C3CC3)cc2n1)[C@@H]1C[C@@H]2[C@H](C1)C2(F)F. The molecular weight excluding hydrogens is 578 g/mol. The third-order valence-electron chi connectivity index (χ3n) is 10.3. The molecule has 4 fully saturated rings. The van der Waals surface area contributed by atoms with E-state index in [1.165, 1.54) is 0 Å². The number of nitrogens with zero attached hydrogens (tertiary/aromatic N) is 5. The zero-order valence-corrected chi connectivity index (χ0v) is 24.9. The molecule has 0 aromatic carbocycles. The maximum Gasteiger partial charge on any atom is 0.270 e. The van der Waals surface area contributed by atoms with Crippen LogP contribution in [0, 0.1) is 29.6 Å². The number of carbonyl (C=O) groups is 2. The summed E-state index contributed by atoms with van der Waals surface area (Å²) in [6, 6.07) is 3.11. The fraction of sp³-hybridized carbons (Fsp3) is 0.645. The van der Waals surface area contributed by atoms with E-state index in [0.717, 1.165) is 18.4 Å². The van der Waals surface area contributed by atoms with Gasteiger partial charge in [-0.2, -0.15) is 10.2 Å². The van der Waals surface area contributed by atoms with Crippen LogP contribution in [0.25, 0.3) is 5.65 Å². The molecule has 2 amide bonds. The molecule has 0 saturated heterocycles. The van der Waals surface area contributed by atoms with Crippen molar-refractivity contribution >= 4 is 17.5 Å². The Morgan fingerprint density at radius 1 is 1.11 bits per heavy atom. The van der Waals surface area contributed by atoms with E-state index in [1.54, 1.807) is 33.9 Å². The average Bonchev–Trinajstić information content (AvgIpc) is 3.54. The lowest BCUT2D eigenvalue weighted by atomic mass is 9.79. The topological polar surface area (TPSA) is 106 Å². The standard InChI is InChI=1S/C31H37F4N7O2/c1-16(2)42-23(6-7-36-42)28(44)40-29(3,20-10-21-22(11-20)31(21,34)35)24-15-41-25(38-24)9-19(14-37-41)27(18-4-5-18)39-26(43)8-17-12-30(32,33)13-17/h6-7,9,14-18,20-22,27H,4-5,8,10-13H2,1-3H3,(H,39,43)(H,40,44)/t20-,21-,22+,27-,29-/m1/s1. The van der Waals surface area contributed by atoms with Crippen molar-refractivity contribution in [1.82, 2.24) is 35.0 Å². The number of hydrogen-bond donors (Lipinski definition) is 2. The molecule has 0 aliphatic heterocycles. The quantitative estimate of drug-likeness (QED) is 0.295. The molecule has 3 aromatic rings. The molecule has 4 aliphatic rings. The minimum absolute atomic E-state index is 0.0535. The van der Waals surface area contributed by atoms with Gasteiger partial charge in [-0.05, 0) is 81.9 Å². The van der Waals surface area contributed by atoms with Crippen molar-refractivity contribution in [2.45, 2.75) is 95.2 Å². The van der Waals surface area contributed by atoms with E-state index >= 15 is 0 Å². The molecule has 0 bridgehead atoms. The van der Waals surface area contributed by atoms with Gasteiger partial charge in [0.15, 0.2) is 5.65 Å². The second kappa shape index (κ2) is 10.00. The van der Waals surface area contributed by atoms with Gasteiger partial charge in [0.25, 0.3) is 11.8 Å². The Hall–Kier alpha value is -3.51. The summed E-state index contributed by atoms with van der Waals surface area (Å²) < 4.78 is 58.2. The van der Waals surface area contributed by atoms with Gasteiger partial charge in [-0.15, -0.1) is 0 Å². The maximum atomic E-state index is 14.2. The monoisotopic (exact) mass is 615 g/mol. The third-order valence-corrected chi connectivity index (χ3v) is 10.3. The minimum atomic E-state index is -2.67. The van der Waals surface area contributed by atoms with E-state index in [9.17, 15) is 27.2 Å². The number of amides is 2. The highest BCUT2D eigenvalue weighted by Crippen LogP contribution is 2.67. The van der Waals surface area contributed by atoms with Crippen LogP contribution in [-0.4, -0.2) is 48.0 Å². The van der Waals surface area contributed by atoms with E-state index in [2.05, 4.69) is 20.8 Å². The summed E-state index contributed by atoms with van der Waals surface area (Å²) in [6.45, 7) is 5.68. The second-order valence-electron chi connectivity index (χ2n) is 13.9. The molecule has 7 rings (SSSR count). The average molecular weight is 616 g/mol. The Morgan fingerprint density at radius 3 is 2.45 bits per heavy atom. The second-order valence-corrected chi connectivity index (χ2v) is 13.9. The molecule has 2 N–H and O–H groups in total. The summed E-state index contributed by atoms with van der Waals surface area (Å²) in [6.07, 6.45) is 6.92. The van der Waals surface area contributed by atoms with Crippen LogP contribution in [0.2, 0.25) is 0 Å². The Kier molecular flexibility index (Phi) is 6.64. The highest BCUT2D eigenvalue weighted by Gasteiger charge is 2.73. The van der Waals surface area contributed by atoms with Gasteiger partial charge >= 0.3 is 0 Å². The normalized spacial score (nSPS) is 27.4. The number of rotatable bonds is 10. The lowest BCUT2D eigenvalue weighted by Crippen LogP contribution is -2.50. The van der Waals surface area contributed by atoms with Gasteiger partial charge in [0, 0.05) is 43.3 Å². The van der Waals surface area contributed by atoms with Gasteiger partial charge in [-0.1, -0.05) is 0 Å². The summed E-state index contributed by atoms with van der Waals surface area (Å²) in [5, 5.41) is 15.0. The van der Waals surface area contributed by atoms with Crippen molar-refractivity contribution in [2.24, 2.45) is 29.6 Å². The van der Waals surface area contributed by atoms with E-state index in [4.69, 9.17) is 4.98 Å². The molecule has 5 atom stereocenters. The van der Waals surface area contributed by atoms with Gasteiger partial charge in [-0.3, -0.25) is 14.3 Å². The van der Waals surface area contributed by atoms with Gasteiger partial charge in [0.1, 0.15) is 5.69 Å². The number of carbonyl (C=O) groups excluding carboxylic acids is 2. The lowest BCUT2D eigenvalue weighted by molar-refractivity contribution is -0.134. The molecule has 0 radical (unpaired) electrons. The fourth-order valence-corrected chi connectivity index (χ4v) is 7.50. The van der Waals surface area contributed by atoms with Crippen molar-refractivity contribution in [3.63, 3.8) is 0 Å². The first kappa shape index (κ1) is 29.2. The van der Waals surface area contributed by atoms with Gasteiger partial charge in [0.2, 0.25) is 11.8 Å². The third kappa shape index (κ3) is 5.05. The van der Waals surface area contributed by atoms with Crippen LogP contribution >= 0.6 is 0 Å². The van der Waals surface area contributed by atoms with Crippen LogP contribution in [-0.2, 0) is 10.3 Å². The Balaban J connectivity index is 1.16. The number of nitrogens with one attached hydrogen (secondary N) is 2. The Bertz CT molecular complexity index is 1590. The van der Waals surface area contributed by atoms with E-state index in [-0.39, 0.29) is 73.8 Å².